The molecule has 0 unspecified atom stereocenters. The average Bonchev–Trinajstić information content (AvgIpc) is 2.35. The van der Waals surface area contributed by atoms with Crippen LogP contribution < -0.4 is 5.73 Å². The molecule has 88 valence electrons. The molecule has 0 aliphatic carbocycles. The maximum atomic E-state index is 6.04. The second-order valence-corrected chi connectivity index (χ2v) is 5.59. The molecule has 0 aromatic rings. The molecule has 2 nitrogen and oxygen atoms in total. The van der Waals surface area contributed by atoms with Crippen molar-refractivity contribution in [1.82, 2.24) is 0 Å². The number of allylic oxidation sites excluding steroid dienone is 3. The molecule has 0 amide bonds. The highest BCUT2D eigenvalue weighted by atomic mass is 16.5. The molecule has 0 radical (unpaired) electrons. The van der Waals surface area contributed by atoms with E-state index < -0.39 is 0 Å². The molecular weight excluding hydrogens is 197 g/mol. The van der Waals surface area contributed by atoms with Gasteiger partial charge in [0.15, 0.2) is 0 Å². The standard InChI is InChI=1S/C13H22BNO/c1-7-8-11(15)10(2)14-9-12(3,4)13(5,6)16-14/h7-8H,1-2,9,15H2,3-6H3/b11-8+. The van der Waals surface area contributed by atoms with E-state index in [1.54, 1.807) is 12.2 Å². The monoisotopic (exact) mass is 219 g/mol. The zero-order valence-corrected chi connectivity index (χ0v) is 10.8. The zero-order valence-electron chi connectivity index (χ0n) is 10.8. The molecule has 1 rings (SSSR count). The van der Waals surface area contributed by atoms with Crippen LogP contribution in [-0.4, -0.2) is 12.5 Å². The highest BCUT2D eigenvalue weighted by molar-refractivity contribution is 6.62. The summed E-state index contributed by atoms with van der Waals surface area (Å²) in [6, 6.07) is 0. The minimum Gasteiger partial charge on any atom is -0.425 e. The van der Waals surface area contributed by atoms with Gasteiger partial charge in [-0.05, 0) is 37.1 Å². The molecule has 1 aliphatic heterocycles. The lowest BCUT2D eigenvalue weighted by molar-refractivity contribution is 0.0371. The fourth-order valence-electron chi connectivity index (χ4n) is 1.88. The van der Waals surface area contributed by atoms with Crippen molar-refractivity contribution in [2.45, 2.75) is 39.6 Å². The Hall–Kier alpha value is -0.955. The van der Waals surface area contributed by atoms with E-state index in [9.17, 15) is 0 Å². The molecule has 1 saturated heterocycles. The first-order chi connectivity index (χ1) is 7.21. The lowest BCUT2D eigenvalue weighted by atomic mass is 9.53. The van der Waals surface area contributed by atoms with E-state index in [0.29, 0.717) is 5.70 Å². The van der Waals surface area contributed by atoms with Gasteiger partial charge in [0.25, 0.3) is 0 Å². The Bertz CT molecular complexity index is 326. The van der Waals surface area contributed by atoms with E-state index in [1.165, 1.54) is 0 Å². The van der Waals surface area contributed by atoms with Crippen LogP contribution in [-0.2, 0) is 4.65 Å². The Morgan fingerprint density at radius 3 is 2.31 bits per heavy atom. The number of rotatable bonds is 3. The van der Waals surface area contributed by atoms with Crippen molar-refractivity contribution in [3.8, 4) is 0 Å². The van der Waals surface area contributed by atoms with Gasteiger partial charge in [0.1, 0.15) is 0 Å². The van der Waals surface area contributed by atoms with Gasteiger partial charge < -0.3 is 10.4 Å². The van der Waals surface area contributed by atoms with Crippen LogP contribution in [0.4, 0.5) is 0 Å². The van der Waals surface area contributed by atoms with Crippen LogP contribution in [0.5, 0.6) is 0 Å². The number of hydrogen-bond acceptors (Lipinski definition) is 2. The number of nitrogens with two attached hydrogens (primary N) is 1. The third-order valence-corrected chi connectivity index (χ3v) is 3.82. The highest BCUT2D eigenvalue weighted by Gasteiger charge is 2.50. The van der Waals surface area contributed by atoms with E-state index in [4.69, 9.17) is 10.4 Å². The zero-order chi connectivity index (χ0) is 12.6. The van der Waals surface area contributed by atoms with E-state index in [1.807, 2.05) is 0 Å². The maximum absolute atomic E-state index is 6.04. The summed E-state index contributed by atoms with van der Waals surface area (Å²) in [5.74, 6) is 0. The first-order valence-electron chi connectivity index (χ1n) is 5.66. The van der Waals surface area contributed by atoms with Crippen LogP contribution in [0.3, 0.4) is 0 Å². The van der Waals surface area contributed by atoms with Crippen molar-refractivity contribution in [2.24, 2.45) is 11.1 Å². The average molecular weight is 219 g/mol. The van der Waals surface area contributed by atoms with Crippen LogP contribution in [0.15, 0.2) is 36.5 Å². The largest absolute Gasteiger partial charge is 0.425 e. The predicted octanol–water partition coefficient (Wildman–Crippen LogP) is 2.94. The Morgan fingerprint density at radius 2 is 1.94 bits per heavy atom. The van der Waals surface area contributed by atoms with Gasteiger partial charge in [-0.1, -0.05) is 33.1 Å². The molecule has 1 heterocycles. The molecule has 0 bridgehead atoms. The molecule has 0 spiro atoms. The van der Waals surface area contributed by atoms with Gasteiger partial charge in [-0.15, -0.1) is 0 Å². The van der Waals surface area contributed by atoms with E-state index in [0.717, 1.165) is 11.8 Å². The minimum atomic E-state index is -0.144. The highest BCUT2D eigenvalue weighted by Crippen LogP contribution is 2.46. The summed E-state index contributed by atoms with van der Waals surface area (Å²) in [4.78, 5) is 0. The van der Waals surface area contributed by atoms with Crippen molar-refractivity contribution < 1.29 is 4.65 Å². The second kappa shape index (κ2) is 4.13. The molecule has 0 atom stereocenters. The maximum Gasteiger partial charge on any atom is 0.329 e. The first kappa shape index (κ1) is 13.1. The Labute approximate surface area is 99.4 Å². The lowest BCUT2D eigenvalue weighted by Gasteiger charge is -2.34. The van der Waals surface area contributed by atoms with Gasteiger partial charge in [-0.25, -0.2) is 0 Å². The van der Waals surface area contributed by atoms with Gasteiger partial charge in [-0.3, -0.25) is 0 Å². The quantitative estimate of drug-likeness (QED) is 0.585. The van der Waals surface area contributed by atoms with Gasteiger partial charge in [0, 0.05) is 5.70 Å². The van der Waals surface area contributed by atoms with Crippen molar-refractivity contribution in [1.29, 1.82) is 0 Å². The number of hydrogen-bond donors (Lipinski definition) is 1. The van der Waals surface area contributed by atoms with E-state index in [2.05, 4.69) is 40.9 Å². The van der Waals surface area contributed by atoms with Crippen molar-refractivity contribution in [2.75, 3.05) is 0 Å². The normalized spacial score (nSPS) is 23.2. The van der Waals surface area contributed by atoms with Gasteiger partial charge in [-0.2, -0.15) is 0 Å². The fourth-order valence-corrected chi connectivity index (χ4v) is 1.88. The lowest BCUT2D eigenvalue weighted by Crippen LogP contribution is -2.34. The minimum absolute atomic E-state index is 0.0150. The van der Waals surface area contributed by atoms with Crippen LogP contribution >= 0.6 is 0 Å². The van der Waals surface area contributed by atoms with E-state index in [-0.39, 0.29) is 17.9 Å². The van der Waals surface area contributed by atoms with Crippen LogP contribution in [0.1, 0.15) is 27.7 Å². The summed E-state index contributed by atoms with van der Waals surface area (Å²) < 4.78 is 6.04. The van der Waals surface area contributed by atoms with Gasteiger partial charge >= 0.3 is 6.92 Å². The molecule has 0 aromatic heterocycles. The molecule has 1 fully saturated rings. The van der Waals surface area contributed by atoms with Crippen LogP contribution in [0.2, 0.25) is 6.32 Å². The molecule has 0 aromatic carbocycles. The summed E-state index contributed by atoms with van der Waals surface area (Å²) in [5, 5.41) is 0. The second-order valence-electron chi connectivity index (χ2n) is 5.59. The predicted molar refractivity (Wildman–Crippen MR) is 71.1 cm³/mol. The summed E-state index contributed by atoms with van der Waals surface area (Å²) in [6.07, 6.45) is 4.39. The van der Waals surface area contributed by atoms with Crippen LogP contribution in [0.25, 0.3) is 0 Å². The third-order valence-electron chi connectivity index (χ3n) is 3.82. The summed E-state index contributed by atoms with van der Waals surface area (Å²) in [7, 11) is 0. The summed E-state index contributed by atoms with van der Waals surface area (Å²) >= 11 is 0. The SMILES string of the molecule is C=C/C=C(/N)C(=C)B1CC(C)(C)C(C)(C)O1. The topological polar surface area (TPSA) is 35.2 Å². The van der Waals surface area contributed by atoms with Crippen molar-refractivity contribution >= 4 is 6.92 Å². The molecule has 2 N–H and O–H groups in total. The van der Waals surface area contributed by atoms with Crippen LogP contribution in [0, 0.1) is 5.41 Å². The fraction of sp³-hybridized carbons (Fsp3) is 0.538. The molecule has 0 saturated carbocycles. The first-order valence-corrected chi connectivity index (χ1v) is 5.66. The van der Waals surface area contributed by atoms with Gasteiger partial charge in [0.2, 0.25) is 0 Å². The Balaban J connectivity index is 2.85. The Kier molecular flexibility index (Phi) is 3.39. The van der Waals surface area contributed by atoms with Gasteiger partial charge in [0.05, 0.1) is 5.60 Å². The van der Waals surface area contributed by atoms with E-state index >= 15 is 0 Å². The van der Waals surface area contributed by atoms with Crippen molar-refractivity contribution in [3.63, 3.8) is 0 Å². The molecular formula is C13H22BNO. The van der Waals surface area contributed by atoms with Crippen molar-refractivity contribution in [3.05, 3.63) is 36.5 Å². The smallest absolute Gasteiger partial charge is 0.329 e. The molecule has 3 heteroatoms. The summed E-state index contributed by atoms with van der Waals surface area (Å²) in [6.45, 7) is 16.3. The summed E-state index contributed by atoms with van der Waals surface area (Å²) in [5.41, 5.74) is 7.41. The third kappa shape index (κ3) is 2.24. The molecule has 1 aliphatic rings. The Morgan fingerprint density at radius 1 is 1.38 bits per heavy atom. The molecule has 16 heavy (non-hydrogen) atoms.